The number of benzene rings is 1. The fourth-order valence-electron chi connectivity index (χ4n) is 4.07. The number of hydrogen-bond donors (Lipinski definition) is 0. The average Bonchev–Trinajstić information content (AvgIpc) is 3.54. The van der Waals surface area contributed by atoms with Crippen molar-refractivity contribution in [3.63, 3.8) is 0 Å². The minimum atomic E-state index is -0.240. The zero-order valence-corrected chi connectivity index (χ0v) is 19.1. The number of pyridine rings is 3. The van der Waals surface area contributed by atoms with Gasteiger partial charge in [0.15, 0.2) is 5.65 Å². The molecule has 0 aliphatic heterocycles. The molecule has 0 saturated heterocycles. The lowest BCUT2D eigenvalue weighted by Crippen LogP contribution is -2.22. The summed E-state index contributed by atoms with van der Waals surface area (Å²) >= 11 is 6.11. The standard InChI is InChI=1S/C26H18ClN7O.CH4/c27-20-4-2-18(3-5-20)23-10-15-32-25(24(23)19-8-12-28-13-9-19)31-34(26(32)35)17-21-6-7-22(16-29-21)33-14-1-11-30-33;/h1-16H,17H2;1H4. The lowest BCUT2D eigenvalue weighted by atomic mass is 9.96. The van der Waals surface area contributed by atoms with Gasteiger partial charge in [0.2, 0.25) is 0 Å². The Morgan fingerprint density at radius 1 is 0.861 bits per heavy atom. The molecule has 0 spiro atoms. The van der Waals surface area contributed by atoms with Crippen molar-refractivity contribution in [1.82, 2.24) is 33.9 Å². The highest BCUT2D eigenvalue weighted by Crippen LogP contribution is 2.34. The molecule has 0 aliphatic carbocycles. The number of nitrogens with zero attached hydrogens (tertiary/aromatic N) is 7. The second-order valence-electron chi connectivity index (χ2n) is 7.94. The average molecular weight is 496 g/mol. The third kappa shape index (κ3) is 4.18. The molecule has 0 amide bonds. The third-order valence-corrected chi connectivity index (χ3v) is 6.02. The van der Waals surface area contributed by atoms with Gasteiger partial charge in [-0.1, -0.05) is 31.2 Å². The molecule has 0 N–H and O–H groups in total. The summed E-state index contributed by atoms with van der Waals surface area (Å²) in [5.41, 5.74) is 5.55. The van der Waals surface area contributed by atoms with E-state index in [1.54, 1.807) is 40.1 Å². The highest BCUT2D eigenvalue weighted by Gasteiger charge is 2.18. The topological polar surface area (TPSA) is 82.9 Å². The van der Waals surface area contributed by atoms with Crippen LogP contribution < -0.4 is 5.69 Å². The van der Waals surface area contributed by atoms with Gasteiger partial charge in [0.05, 0.1) is 24.1 Å². The maximum Gasteiger partial charge on any atom is 0.350 e. The molecule has 178 valence electrons. The van der Waals surface area contributed by atoms with Gasteiger partial charge in [0, 0.05) is 41.6 Å². The van der Waals surface area contributed by atoms with E-state index in [1.165, 1.54) is 4.68 Å². The Morgan fingerprint density at radius 2 is 1.67 bits per heavy atom. The second-order valence-corrected chi connectivity index (χ2v) is 8.38. The molecule has 0 aliphatic rings. The van der Waals surface area contributed by atoms with Crippen LogP contribution in [0.3, 0.4) is 0 Å². The molecule has 1 aromatic carbocycles. The van der Waals surface area contributed by atoms with Gasteiger partial charge in [-0.2, -0.15) is 5.10 Å². The highest BCUT2D eigenvalue weighted by atomic mass is 35.5. The molecule has 36 heavy (non-hydrogen) atoms. The van der Waals surface area contributed by atoms with Crippen LogP contribution in [0.5, 0.6) is 0 Å². The predicted molar refractivity (Wildman–Crippen MR) is 140 cm³/mol. The van der Waals surface area contributed by atoms with Crippen molar-refractivity contribution in [2.24, 2.45) is 0 Å². The molecule has 6 aromatic rings. The van der Waals surface area contributed by atoms with E-state index in [-0.39, 0.29) is 19.7 Å². The molecular weight excluding hydrogens is 474 g/mol. The summed E-state index contributed by atoms with van der Waals surface area (Å²) in [6.07, 6.45) is 10.5. The highest BCUT2D eigenvalue weighted by molar-refractivity contribution is 6.30. The lowest BCUT2D eigenvalue weighted by Gasteiger charge is -2.11. The molecule has 0 fully saturated rings. The zero-order chi connectivity index (χ0) is 23.8. The van der Waals surface area contributed by atoms with E-state index in [4.69, 9.17) is 16.7 Å². The molecule has 0 atom stereocenters. The Kier molecular flexibility index (Phi) is 6.18. The molecule has 5 aromatic heterocycles. The van der Waals surface area contributed by atoms with Crippen LogP contribution in [0.2, 0.25) is 5.02 Å². The zero-order valence-electron chi connectivity index (χ0n) is 18.4. The first-order chi connectivity index (χ1) is 17.2. The third-order valence-electron chi connectivity index (χ3n) is 5.77. The van der Waals surface area contributed by atoms with E-state index in [1.807, 2.05) is 66.9 Å². The first-order valence-electron chi connectivity index (χ1n) is 10.9. The Bertz CT molecular complexity index is 1670. The van der Waals surface area contributed by atoms with E-state index in [9.17, 15) is 4.79 Å². The maximum atomic E-state index is 13.3. The fourth-order valence-corrected chi connectivity index (χ4v) is 4.20. The fraction of sp³-hybridized carbons (Fsp3) is 0.0741. The largest absolute Gasteiger partial charge is 0.350 e. The van der Waals surface area contributed by atoms with Gasteiger partial charge in [0.1, 0.15) is 0 Å². The molecule has 9 heteroatoms. The van der Waals surface area contributed by atoms with Gasteiger partial charge in [-0.15, -0.1) is 5.10 Å². The Balaban J connectivity index is 0.00000267. The van der Waals surface area contributed by atoms with E-state index in [2.05, 4.69) is 15.1 Å². The van der Waals surface area contributed by atoms with Crippen molar-refractivity contribution < 1.29 is 0 Å². The van der Waals surface area contributed by atoms with E-state index >= 15 is 0 Å². The number of aromatic nitrogens is 7. The summed E-state index contributed by atoms with van der Waals surface area (Å²) in [5.74, 6) is 0. The van der Waals surface area contributed by atoms with Crippen molar-refractivity contribution in [3.05, 3.63) is 119 Å². The summed E-state index contributed by atoms with van der Waals surface area (Å²) in [5, 5.41) is 9.60. The van der Waals surface area contributed by atoms with Crippen molar-refractivity contribution in [2.75, 3.05) is 0 Å². The Morgan fingerprint density at radius 3 is 2.36 bits per heavy atom. The predicted octanol–water partition coefficient (Wildman–Crippen LogP) is 5.14. The maximum absolute atomic E-state index is 13.3. The van der Waals surface area contributed by atoms with Crippen LogP contribution >= 0.6 is 11.6 Å². The molecule has 5 heterocycles. The summed E-state index contributed by atoms with van der Waals surface area (Å²) in [7, 11) is 0. The van der Waals surface area contributed by atoms with Crippen LogP contribution in [0, 0.1) is 0 Å². The number of hydrogen-bond acceptors (Lipinski definition) is 5. The minimum Gasteiger partial charge on any atom is -0.265 e. The minimum absolute atomic E-state index is 0. The molecule has 8 nitrogen and oxygen atoms in total. The van der Waals surface area contributed by atoms with Gasteiger partial charge in [0.25, 0.3) is 0 Å². The van der Waals surface area contributed by atoms with Crippen molar-refractivity contribution in [2.45, 2.75) is 14.0 Å². The van der Waals surface area contributed by atoms with Gasteiger partial charge in [-0.3, -0.25) is 9.97 Å². The van der Waals surface area contributed by atoms with Crippen molar-refractivity contribution in [1.29, 1.82) is 0 Å². The van der Waals surface area contributed by atoms with Crippen LogP contribution in [-0.2, 0) is 6.54 Å². The van der Waals surface area contributed by atoms with E-state index in [0.29, 0.717) is 10.7 Å². The monoisotopic (exact) mass is 495 g/mol. The van der Waals surface area contributed by atoms with Crippen LogP contribution in [-0.4, -0.2) is 33.9 Å². The normalized spacial score (nSPS) is 10.9. The summed E-state index contributed by atoms with van der Waals surface area (Å²) in [4.78, 5) is 21.9. The SMILES string of the molecule is C.O=c1n(Cc2ccc(-n3cccn3)cn2)nc2c(-c3ccncc3)c(-c3ccc(Cl)cc3)ccn12. The Labute approximate surface area is 212 Å². The number of rotatable bonds is 5. The summed E-state index contributed by atoms with van der Waals surface area (Å²) in [6.45, 7) is 0.242. The second kappa shape index (κ2) is 9.59. The molecule has 0 radical (unpaired) electrons. The quantitative estimate of drug-likeness (QED) is 0.330. The lowest BCUT2D eigenvalue weighted by molar-refractivity contribution is 0.646. The van der Waals surface area contributed by atoms with Crippen LogP contribution in [0.25, 0.3) is 33.6 Å². The molecule has 0 saturated carbocycles. The first-order valence-corrected chi connectivity index (χ1v) is 11.3. The summed E-state index contributed by atoms with van der Waals surface area (Å²) in [6, 6.07) is 19.0. The van der Waals surface area contributed by atoms with Crippen LogP contribution in [0.15, 0.2) is 103 Å². The number of fused-ring (bicyclic) bond motifs is 1. The molecular formula is C27H22ClN7O. The van der Waals surface area contributed by atoms with E-state index in [0.717, 1.165) is 33.6 Å². The summed E-state index contributed by atoms with van der Waals surface area (Å²) < 4.78 is 4.72. The first kappa shape index (κ1) is 23.2. The van der Waals surface area contributed by atoms with Gasteiger partial charge in [-0.25, -0.2) is 18.6 Å². The number of halogens is 1. The molecule has 0 bridgehead atoms. The van der Waals surface area contributed by atoms with Gasteiger partial charge < -0.3 is 0 Å². The molecule has 6 rings (SSSR count). The molecule has 0 unspecified atom stereocenters. The van der Waals surface area contributed by atoms with Gasteiger partial charge in [-0.05, 0) is 65.2 Å². The smallest absolute Gasteiger partial charge is 0.265 e. The van der Waals surface area contributed by atoms with E-state index < -0.39 is 0 Å². The van der Waals surface area contributed by atoms with Crippen LogP contribution in [0.1, 0.15) is 13.1 Å². The van der Waals surface area contributed by atoms with Gasteiger partial charge >= 0.3 is 5.69 Å². The van der Waals surface area contributed by atoms with Crippen molar-refractivity contribution >= 4 is 17.2 Å². The Hall–Kier alpha value is -4.56. The van der Waals surface area contributed by atoms with Crippen LogP contribution in [0.4, 0.5) is 0 Å². The van der Waals surface area contributed by atoms with Crippen molar-refractivity contribution in [3.8, 4) is 27.9 Å².